The maximum atomic E-state index is 9.88. The molecule has 1 saturated carbocycles. The van der Waals surface area contributed by atoms with Gasteiger partial charge in [0.05, 0.1) is 17.2 Å². The molecule has 0 radical (unpaired) electrons. The van der Waals surface area contributed by atoms with Crippen LogP contribution in [0, 0.1) is 5.92 Å². The summed E-state index contributed by atoms with van der Waals surface area (Å²) >= 11 is 1.69. The van der Waals surface area contributed by atoms with Crippen LogP contribution in [0.3, 0.4) is 0 Å². The Morgan fingerprint density at radius 3 is 2.73 bits per heavy atom. The molecule has 0 aromatic carbocycles. The fourth-order valence-corrected chi connectivity index (χ4v) is 3.69. The predicted molar refractivity (Wildman–Crippen MR) is 60.1 cm³/mol. The molecule has 1 heterocycles. The Morgan fingerprint density at radius 2 is 2.13 bits per heavy atom. The van der Waals surface area contributed by atoms with Crippen molar-refractivity contribution in [2.24, 2.45) is 10.9 Å². The van der Waals surface area contributed by atoms with E-state index < -0.39 is 12.2 Å². The molecule has 2 aliphatic rings. The molecule has 5 atom stereocenters. The SMILES string of the molecule is CCC1=N[C@H]2[C@@H](O)[C@H](O)[C@@H](CO)C[C@H]2S1. The number of thioether (sulfide) groups is 1. The van der Waals surface area contributed by atoms with Gasteiger partial charge in [-0.1, -0.05) is 6.92 Å². The van der Waals surface area contributed by atoms with Crippen molar-refractivity contribution in [1.29, 1.82) is 0 Å². The Hall–Kier alpha value is -0.100. The molecule has 15 heavy (non-hydrogen) atoms. The summed E-state index contributed by atoms with van der Waals surface area (Å²) in [5.41, 5.74) is 0. The number of aliphatic imine (C=N–C) groups is 1. The smallest absolute Gasteiger partial charge is 0.104 e. The number of hydrogen-bond acceptors (Lipinski definition) is 5. The number of nitrogens with zero attached hydrogens (tertiary/aromatic N) is 1. The molecule has 2 rings (SSSR count). The van der Waals surface area contributed by atoms with E-state index in [0.717, 1.165) is 17.9 Å². The van der Waals surface area contributed by atoms with E-state index in [-0.39, 0.29) is 23.8 Å². The second kappa shape index (κ2) is 4.41. The van der Waals surface area contributed by atoms with Gasteiger partial charge in [-0.15, -0.1) is 11.8 Å². The van der Waals surface area contributed by atoms with Gasteiger partial charge < -0.3 is 15.3 Å². The topological polar surface area (TPSA) is 73.1 Å². The standard InChI is InChI=1S/C10H17NO3S/c1-2-7-11-8-6(15-7)3-5(4-12)9(13)10(8)14/h5-6,8-10,12-14H,2-4H2,1H3/t5-,6-,8-,9-,10-/m1/s1. The Kier molecular flexibility index (Phi) is 3.35. The summed E-state index contributed by atoms with van der Waals surface area (Å²) in [6.07, 6.45) is -0.0457. The van der Waals surface area contributed by atoms with E-state index in [0.29, 0.717) is 0 Å². The summed E-state index contributed by atoms with van der Waals surface area (Å²) in [6.45, 7) is 1.97. The van der Waals surface area contributed by atoms with Gasteiger partial charge in [-0.05, 0) is 12.8 Å². The third-order valence-corrected chi connectivity index (χ3v) is 4.66. The summed E-state index contributed by atoms with van der Waals surface area (Å²) in [5.74, 6) is -0.208. The number of fused-ring (bicyclic) bond motifs is 1. The Labute approximate surface area is 93.4 Å². The van der Waals surface area contributed by atoms with Gasteiger partial charge in [0.1, 0.15) is 6.10 Å². The van der Waals surface area contributed by atoms with Crippen molar-refractivity contribution in [3.05, 3.63) is 0 Å². The Bertz CT molecular complexity index is 271. The lowest BCUT2D eigenvalue weighted by Crippen LogP contribution is -2.51. The van der Waals surface area contributed by atoms with E-state index in [2.05, 4.69) is 4.99 Å². The lowest BCUT2D eigenvalue weighted by molar-refractivity contribution is -0.0646. The van der Waals surface area contributed by atoms with E-state index in [9.17, 15) is 10.2 Å². The highest BCUT2D eigenvalue weighted by atomic mass is 32.2. The van der Waals surface area contributed by atoms with Gasteiger partial charge in [0.15, 0.2) is 0 Å². The fourth-order valence-electron chi connectivity index (χ4n) is 2.28. The zero-order valence-electron chi connectivity index (χ0n) is 8.71. The van der Waals surface area contributed by atoms with Crippen LogP contribution >= 0.6 is 11.8 Å². The Balaban J connectivity index is 2.12. The summed E-state index contributed by atoms with van der Waals surface area (Å²) in [4.78, 5) is 4.42. The van der Waals surface area contributed by atoms with Crippen LogP contribution in [0.1, 0.15) is 19.8 Å². The van der Waals surface area contributed by atoms with E-state index in [1.807, 2.05) is 6.92 Å². The van der Waals surface area contributed by atoms with Gasteiger partial charge in [-0.2, -0.15) is 0 Å². The molecular formula is C10H17NO3S. The second-order valence-electron chi connectivity index (χ2n) is 4.18. The van der Waals surface area contributed by atoms with Crippen molar-refractivity contribution < 1.29 is 15.3 Å². The van der Waals surface area contributed by atoms with Crippen molar-refractivity contribution in [2.75, 3.05) is 6.61 Å². The summed E-state index contributed by atoms with van der Waals surface area (Å²) in [5, 5.41) is 30.0. The molecule has 1 fully saturated rings. The highest BCUT2D eigenvalue weighted by molar-refractivity contribution is 8.14. The third-order valence-electron chi connectivity index (χ3n) is 3.22. The van der Waals surface area contributed by atoms with E-state index >= 15 is 0 Å². The van der Waals surface area contributed by atoms with Gasteiger partial charge in [0.25, 0.3) is 0 Å². The zero-order valence-corrected chi connectivity index (χ0v) is 9.52. The largest absolute Gasteiger partial charge is 0.396 e. The van der Waals surface area contributed by atoms with Crippen LogP contribution in [0.5, 0.6) is 0 Å². The molecule has 0 aromatic heterocycles. The van der Waals surface area contributed by atoms with Crippen molar-refractivity contribution in [2.45, 2.75) is 43.3 Å². The first-order valence-corrected chi connectivity index (χ1v) is 6.25. The van der Waals surface area contributed by atoms with Crippen LogP contribution in [0.25, 0.3) is 0 Å². The third kappa shape index (κ3) is 1.93. The monoisotopic (exact) mass is 231 g/mol. The molecule has 4 nitrogen and oxygen atoms in total. The Morgan fingerprint density at radius 1 is 1.40 bits per heavy atom. The van der Waals surface area contributed by atoms with Gasteiger partial charge in [-0.3, -0.25) is 4.99 Å². The predicted octanol–water partition coefficient (Wildman–Crippen LogP) is 0.0129. The summed E-state index contributed by atoms with van der Waals surface area (Å²) in [6, 6.07) is -0.178. The number of aliphatic hydroxyl groups is 3. The molecule has 0 aromatic rings. The molecule has 5 heteroatoms. The number of hydrogen-bond donors (Lipinski definition) is 3. The molecule has 3 N–H and O–H groups in total. The number of rotatable bonds is 2. The van der Waals surface area contributed by atoms with Crippen LogP contribution in [-0.2, 0) is 0 Å². The van der Waals surface area contributed by atoms with E-state index in [1.54, 1.807) is 11.8 Å². The summed E-state index contributed by atoms with van der Waals surface area (Å²) in [7, 11) is 0. The first-order valence-electron chi connectivity index (χ1n) is 5.37. The van der Waals surface area contributed by atoms with Crippen LogP contribution < -0.4 is 0 Å². The first kappa shape index (κ1) is 11.4. The second-order valence-corrected chi connectivity index (χ2v) is 5.50. The fraction of sp³-hybridized carbons (Fsp3) is 0.900. The van der Waals surface area contributed by atoms with Crippen LogP contribution in [0.4, 0.5) is 0 Å². The summed E-state index contributed by atoms with van der Waals surface area (Å²) < 4.78 is 0. The van der Waals surface area contributed by atoms with Gasteiger partial charge in [-0.25, -0.2) is 0 Å². The minimum absolute atomic E-state index is 0.0660. The lowest BCUT2D eigenvalue weighted by Gasteiger charge is -2.37. The van der Waals surface area contributed by atoms with E-state index in [4.69, 9.17) is 5.11 Å². The van der Waals surface area contributed by atoms with Crippen LogP contribution in [0.2, 0.25) is 0 Å². The quantitative estimate of drug-likeness (QED) is 0.626. The maximum absolute atomic E-state index is 9.88. The molecule has 0 unspecified atom stereocenters. The van der Waals surface area contributed by atoms with Crippen molar-refractivity contribution in [3.8, 4) is 0 Å². The minimum Gasteiger partial charge on any atom is -0.396 e. The first-order chi connectivity index (χ1) is 7.17. The van der Waals surface area contributed by atoms with E-state index in [1.165, 1.54) is 0 Å². The molecule has 1 aliphatic heterocycles. The molecular weight excluding hydrogens is 214 g/mol. The lowest BCUT2D eigenvalue weighted by atomic mass is 9.81. The maximum Gasteiger partial charge on any atom is 0.104 e. The average Bonchev–Trinajstić information content (AvgIpc) is 2.66. The van der Waals surface area contributed by atoms with Crippen molar-refractivity contribution in [3.63, 3.8) is 0 Å². The van der Waals surface area contributed by atoms with Gasteiger partial charge in [0.2, 0.25) is 0 Å². The molecule has 86 valence electrons. The molecule has 0 spiro atoms. The van der Waals surface area contributed by atoms with Crippen molar-refractivity contribution in [1.82, 2.24) is 0 Å². The van der Waals surface area contributed by atoms with Crippen molar-refractivity contribution >= 4 is 16.8 Å². The zero-order chi connectivity index (χ0) is 11.0. The minimum atomic E-state index is -0.836. The molecule has 0 amide bonds. The van der Waals surface area contributed by atoms with Crippen LogP contribution in [-0.4, -0.2) is 50.5 Å². The number of aliphatic hydroxyl groups excluding tert-OH is 3. The van der Waals surface area contributed by atoms with Gasteiger partial charge >= 0.3 is 0 Å². The van der Waals surface area contributed by atoms with Crippen LogP contribution in [0.15, 0.2) is 4.99 Å². The molecule has 0 bridgehead atoms. The average molecular weight is 231 g/mol. The molecule has 0 saturated heterocycles. The highest BCUT2D eigenvalue weighted by Crippen LogP contribution is 2.40. The normalized spacial score (nSPS) is 45.1. The van der Waals surface area contributed by atoms with Gasteiger partial charge in [0, 0.05) is 17.8 Å². The molecule has 1 aliphatic carbocycles. The highest BCUT2D eigenvalue weighted by Gasteiger charge is 2.46.